The van der Waals surface area contributed by atoms with Crippen molar-refractivity contribution in [2.45, 2.75) is 63.3 Å². The van der Waals surface area contributed by atoms with E-state index < -0.39 is 0 Å². The fourth-order valence-corrected chi connectivity index (χ4v) is 4.50. The summed E-state index contributed by atoms with van der Waals surface area (Å²) in [5.41, 5.74) is 2.61. The minimum Gasteiger partial charge on any atom is -0.361 e. The molecule has 0 aromatic carbocycles. The number of rotatable bonds is 5. The molecule has 134 valence electrons. The highest BCUT2D eigenvalue weighted by Crippen LogP contribution is 2.28. The second kappa shape index (κ2) is 8.04. The predicted molar refractivity (Wildman–Crippen MR) is 98.7 cm³/mol. The van der Waals surface area contributed by atoms with Gasteiger partial charge in [-0.05, 0) is 44.7 Å². The number of nitrogens with one attached hydrogen (secondary N) is 1. The molecule has 1 fully saturated rings. The van der Waals surface area contributed by atoms with Crippen LogP contribution in [0, 0.1) is 19.8 Å². The zero-order valence-corrected chi connectivity index (χ0v) is 15.9. The topological polar surface area (TPSA) is 68.0 Å². The summed E-state index contributed by atoms with van der Waals surface area (Å²) >= 11 is 1.55. The van der Waals surface area contributed by atoms with Crippen molar-refractivity contribution in [3.8, 4) is 0 Å². The van der Waals surface area contributed by atoms with Gasteiger partial charge in [0.25, 0.3) is 5.91 Å². The third kappa shape index (κ3) is 4.42. The molecule has 0 radical (unpaired) electrons. The van der Waals surface area contributed by atoms with E-state index in [1.165, 1.54) is 12.8 Å². The Bertz CT molecular complexity index is 725. The standard InChI is InChI=1S/C19H25N3O2S/c1-12-6-4-7-15(10-12)21-18(23)16-8-5-9-20-19(16)25-11-17-13(2)22-24-14(17)3/h5,8-9,12,15H,4,6-7,10-11H2,1-3H3,(H,21,23). The Kier molecular flexibility index (Phi) is 5.78. The van der Waals surface area contributed by atoms with Crippen molar-refractivity contribution in [1.29, 1.82) is 0 Å². The van der Waals surface area contributed by atoms with Gasteiger partial charge in [0.1, 0.15) is 10.8 Å². The zero-order valence-electron chi connectivity index (χ0n) is 15.0. The molecule has 2 aromatic rings. The van der Waals surface area contributed by atoms with E-state index in [1.54, 1.807) is 18.0 Å². The molecule has 5 nitrogen and oxygen atoms in total. The van der Waals surface area contributed by atoms with Crippen molar-refractivity contribution in [2.75, 3.05) is 0 Å². The second-order valence-electron chi connectivity index (χ2n) is 6.89. The van der Waals surface area contributed by atoms with Crippen molar-refractivity contribution < 1.29 is 9.32 Å². The van der Waals surface area contributed by atoms with E-state index in [1.807, 2.05) is 26.0 Å². The van der Waals surface area contributed by atoms with Crippen LogP contribution in [0.25, 0.3) is 0 Å². The first kappa shape index (κ1) is 18.0. The average molecular weight is 359 g/mol. The van der Waals surface area contributed by atoms with Crippen LogP contribution in [0.4, 0.5) is 0 Å². The van der Waals surface area contributed by atoms with Gasteiger partial charge in [-0.15, -0.1) is 11.8 Å². The molecule has 1 saturated carbocycles. The summed E-state index contributed by atoms with van der Waals surface area (Å²) in [7, 11) is 0. The van der Waals surface area contributed by atoms with Gasteiger partial charge in [-0.25, -0.2) is 4.98 Å². The van der Waals surface area contributed by atoms with E-state index in [-0.39, 0.29) is 11.9 Å². The molecule has 1 N–H and O–H groups in total. The summed E-state index contributed by atoms with van der Waals surface area (Å²) in [6.07, 6.45) is 6.31. The molecular formula is C19H25N3O2S. The lowest BCUT2D eigenvalue weighted by molar-refractivity contribution is 0.0917. The van der Waals surface area contributed by atoms with Crippen LogP contribution in [0.2, 0.25) is 0 Å². The van der Waals surface area contributed by atoms with Crippen LogP contribution in [0.5, 0.6) is 0 Å². The van der Waals surface area contributed by atoms with Crippen LogP contribution in [0.3, 0.4) is 0 Å². The molecule has 2 heterocycles. The Morgan fingerprint density at radius 2 is 2.24 bits per heavy atom. The molecular weight excluding hydrogens is 334 g/mol. The molecule has 25 heavy (non-hydrogen) atoms. The number of amides is 1. The monoisotopic (exact) mass is 359 g/mol. The number of pyridine rings is 1. The van der Waals surface area contributed by atoms with E-state index in [9.17, 15) is 4.79 Å². The van der Waals surface area contributed by atoms with Crippen LogP contribution in [-0.2, 0) is 5.75 Å². The van der Waals surface area contributed by atoms with Crippen LogP contribution in [0.1, 0.15) is 60.0 Å². The van der Waals surface area contributed by atoms with Crippen LogP contribution in [0.15, 0.2) is 27.9 Å². The van der Waals surface area contributed by atoms with E-state index in [0.29, 0.717) is 17.2 Å². The highest BCUT2D eigenvalue weighted by atomic mass is 32.2. The van der Waals surface area contributed by atoms with Gasteiger partial charge in [-0.1, -0.05) is 24.9 Å². The lowest BCUT2D eigenvalue weighted by Gasteiger charge is -2.27. The Morgan fingerprint density at radius 1 is 1.40 bits per heavy atom. The van der Waals surface area contributed by atoms with Crippen molar-refractivity contribution in [3.05, 3.63) is 40.9 Å². The molecule has 2 atom stereocenters. The number of hydrogen-bond acceptors (Lipinski definition) is 5. The fraction of sp³-hybridized carbons (Fsp3) is 0.526. The van der Waals surface area contributed by atoms with Gasteiger partial charge in [-0.2, -0.15) is 0 Å². The normalized spacial score (nSPS) is 20.4. The van der Waals surface area contributed by atoms with E-state index in [0.717, 1.165) is 34.9 Å². The SMILES string of the molecule is Cc1noc(C)c1CSc1ncccc1C(=O)NC1CCCC(C)C1. The molecule has 0 bridgehead atoms. The van der Waals surface area contributed by atoms with Crippen molar-refractivity contribution in [3.63, 3.8) is 0 Å². The first-order valence-electron chi connectivity index (χ1n) is 8.85. The maximum Gasteiger partial charge on any atom is 0.254 e. The lowest BCUT2D eigenvalue weighted by Crippen LogP contribution is -2.38. The summed E-state index contributed by atoms with van der Waals surface area (Å²) in [5.74, 6) is 2.18. The van der Waals surface area contributed by atoms with Crippen molar-refractivity contribution in [1.82, 2.24) is 15.5 Å². The summed E-state index contributed by atoms with van der Waals surface area (Å²) in [6, 6.07) is 3.94. The summed E-state index contributed by atoms with van der Waals surface area (Å²) < 4.78 is 5.21. The Balaban J connectivity index is 1.68. The molecule has 2 unspecified atom stereocenters. The van der Waals surface area contributed by atoms with Crippen LogP contribution < -0.4 is 5.32 Å². The summed E-state index contributed by atoms with van der Waals surface area (Å²) in [4.78, 5) is 17.2. The average Bonchev–Trinajstić information content (AvgIpc) is 2.91. The number of carbonyl (C=O) groups excluding carboxylic acids is 1. The molecule has 2 aromatic heterocycles. The van der Waals surface area contributed by atoms with E-state index >= 15 is 0 Å². The quantitative estimate of drug-likeness (QED) is 0.807. The number of thioether (sulfide) groups is 1. The molecule has 0 saturated heterocycles. The van der Waals surface area contributed by atoms with E-state index in [4.69, 9.17) is 4.52 Å². The Morgan fingerprint density at radius 3 is 2.96 bits per heavy atom. The highest BCUT2D eigenvalue weighted by Gasteiger charge is 2.22. The maximum absolute atomic E-state index is 12.7. The Labute approximate surface area is 153 Å². The third-order valence-electron chi connectivity index (χ3n) is 4.82. The fourth-order valence-electron chi connectivity index (χ4n) is 3.36. The van der Waals surface area contributed by atoms with Crippen molar-refractivity contribution in [2.24, 2.45) is 5.92 Å². The maximum atomic E-state index is 12.7. The minimum absolute atomic E-state index is 0.0199. The number of aromatic nitrogens is 2. The van der Waals surface area contributed by atoms with Gasteiger partial charge in [0.05, 0.1) is 11.3 Å². The van der Waals surface area contributed by atoms with Gasteiger partial charge in [0.2, 0.25) is 0 Å². The van der Waals surface area contributed by atoms with Gasteiger partial charge in [0.15, 0.2) is 0 Å². The van der Waals surface area contributed by atoms with Crippen LogP contribution in [-0.4, -0.2) is 22.1 Å². The second-order valence-corrected chi connectivity index (χ2v) is 7.85. The molecule has 0 spiro atoms. The summed E-state index contributed by atoms with van der Waals surface area (Å²) in [5, 5.41) is 7.93. The van der Waals surface area contributed by atoms with Gasteiger partial charge < -0.3 is 9.84 Å². The molecule has 0 aliphatic heterocycles. The number of nitrogens with zero attached hydrogens (tertiary/aromatic N) is 2. The smallest absolute Gasteiger partial charge is 0.254 e. The highest BCUT2D eigenvalue weighted by molar-refractivity contribution is 7.98. The molecule has 3 rings (SSSR count). The lowest BCUT2D eigenvalue weighted by atomic mass is 9.87. The zero-order chi connectivity index (χ0) is 17.8. The molecule has 1 aliphatic rings. The molecule has 6 heteroatoms. The largest absolute Gasteiger partial charge is 0.361 e. The minimum atomic E-state index is -0.0199. The van der Waals surface area contributed by atoms with E-state index in [2.05, 4.69) is 22.4 Å². The first-order valence-corrected chi connectivity index (χ1v) is 9.83. The summed E-state index contributed by atoms with van der Waals surface area (Å²) in [6.45, 7) is 6.10. The number of carbonyl (C=O) groups is 1. The number of hydrogen-bond donors (Lipinski definition) is 1. The van der Waals surface area contributed by atoms with Gasteiger partial charge >= 0.3 is 0 Å². The van der Waals surface area contributed by atoms with Gasteiger partial charge in [-0.3, -0.25) is 4.79 Å². The number of aryl methyl sites for hydroxylation is 2. The van der Waals surface area contributed by atoms with Crippen molar-refractivity contribution >= 4 is 17.7 Å². The predicted octanol–water partition coefficient (Wildman–Crippen LogP) is 4.29. The Hall–Kier alpha value is -1.82. The van der Waals surface area contributed by atoms with Crippen LogP contribution >= 0.6 is 11.8 Å². The third-order valence-corrected chi connectivity index (χ3v) is 5.85. The van der Waals surface area contributed by atoms with Gasteiger partial charge in [0, 0.05) is 23.6 Å². The first-order chi connectivity index (χ1) is 12.0. The molecule has 1 amide bonds. The molecule has 1 aliphatic carbocycles.